The molecular formula is C31H32N2O4. The van der Waals surface area contributed by atoms with E-state index in [1.54, 1.807) is 6.07 Å². The number of carbonyl (C=O) groups is 1. The number of amides is 1. The molecule has 37 heavy (non-hydrogen) atoms. The van der Waals surface area contributed by atoms with Crippen LogP contribution in [0.3, 0.4) is 0 Å². The van der Waals surface area contributed by atoms with Gasteiger partial charge in [0.1, 0.15) is 12.7 Å². The Morgan fingerprint density at radius 3 is 2.57 bits per heavy atom. The smallest absolute Gasteiger partial charge is 0.289 e. The van der Waals surface area contributed by atoms with Gasteiger partial charge in [-0.3, -0.25) is 9.69 Å². The van der Waals surface area contributed by atoms with E-state index in [1.165, 1.54) is 21.9 Å². The maximum absolute atomic E-state index is 12.7. The lowest BCUT2D eigenvalue weighted by atomic mass is 9.97. The van der Waals surface area contributed by atoms with Gasteiger partial charge in [0.2, 0.25) is 0 Å². The number of benzene rings is 3. The number of aliphatic hydroxyl groups excluding tert-OH is 1. The van der Waals surface area contributed by atoms with Crippen LogP contribution in [0.1, 0.15) is 35.4 Å². The van der Waals surface area contributed by atoms with E-state index < -0.39 is 6.10 Å². The summed E-state index contributed by atoms with van der Waals surface area (Å²) in [6.45, 7) is 3.95. The van der Waals surface area contributed by atoms with Gasteiger partial charge in [0.15, 0.2) is 17.1 Å². The molecule has 1 atom stereocenters. The van der Waals surface area contributed by atoms with Crippen molar-refractivity contribution < 1.29 is 19.1 Å². The van der Waals surface area contributed by atoms with Crippen LogP contribution in [0.25, 0.3) is 27.3 Å². The number of carbonyl (C=O) groups excluding carboxylic acids is 1. The Morgan fingerprint density at radius 1 is 0.946 bits per heavy atom. The van der Waals surface area contributed by atoms with Gasteiger partial charge in [-0.2, -0.15) is 0 Å². The van der Waals surface area contributed by atoms with Crippen LogP contribution in [-0.2, 0) is 0 Å². The minimum absolute atomic E-state index is 0.0686. The number of hydrogen-bond acceptors (Lipinski definition) is 5. The SMILES string of the molecule is O=C(c1cc2cccc(OCC(O)CN3CC=C(c4ccc5ccccc5c4)CC3)c2o1)N1CCCC1. The molecule has 0 spiro atoms. The Bertz CT molecular complexity index is 1450. The van der Waals surface area contributed by atoms with E-state index in [4.69, 9.17) is 9.15 Å². The number of aliphatic hydroxyl groups is 1. The van der Waals surface area contributed by atoms with E-state index in [2.05, 4.69) is 53.4 Å². The van der Waals surface area contributed by atoms with Crippen molar-refractivity contribution in [3.05, 3.63) is 84.1 Å². The first-order valence-electron chi connectivity index (χ1n) is 13.2. The third kappa shape index (κ3) is 5.13. The number of rotatable bonds is 7. The number of fused-ring (bicyclic) bond motifs is 2. The number of para-hydroxylation sites is 1. The van der Waals surface area contributed by atoms with E-state index in [-0.39, 0.29) is 12.5 Å². The second kappa shape index (κ2) is 10.4. The molecule has 1 saturated heterocycles. The summed E-state index contributed by atoms with van der Waals surface area (Å²) in [5.74, 6) is 0.825. The van der Waals surface area contributed by atoms with Crippen molar-refractivity contribution in [1.29, 1.82) is 0 Å². The van der Waals surface area contributed by atoms with Gasteiger partial charge in [0.25, 0.3) is 5.91 Å². The van der Waals surface area contributed by atoms with E-state index in [0.717, 1.165) is 50.8 Å². The minimum Gasteiger partial charge on any atom is -0.487 e. The molecule has 1 amide bonds. The normalized spacial score (nSPS) is 17.3. The third-order valence-electron chi connectivity index (χ3n) is 7.43. The zero-order chi connectivity index (χ0) is 25.2. The van der Waals surface area contributed by atoms with Crippen LogP contribution in [-0.4, -0.2) is 66.2 Å². The van der Waals surface area contributed by atoms with Gasteiger partial charge >= 0.3 is 0 Å². The number of ether oxygens (including phenoxy) is 1. The average Bonchev–Trinajstić information content (AvgIpc) is 3.63. The zero-order valence-electron chi connectivity index (χ0n) is 20.9. The first-order chi connectivity index (χ1) is 18.1. The molecule has 2 aliphatic heterocycles. The molecule has 1 aromatic heterocycles. The summed E-state index contributed by atoms with van der Waals surface area (Å²) in [7, 11) is 0. The molecule has 2 aliphatic rings. The summed E-state index contributed by atoms with van der Waals surface area (Å²) in [5, 5.41) is 14.0. The van der Waals surface area contributed by atoms with Crippen LogP contribution in [0.15, 0.2) is 77.2 Å². The lowest BCUT2D eigenvalue weighted by molar-refractivity contribution is 0.0714. The minimum atomic E-state index is -0.633. The van der Waals surface area contributed by atoms with E-state index in [1.807, 2.05) is 23.1 Å². The highest BCUT2D eigenvalue weighted by Gasteiger charge is 2.24. The molecule has 0 radical (unpaired) electrons. The van der Waals surface area contributed by atoms with Crippen LogP contribution in [0.5, 0.6) is 5.75 Å². The third-order valence-corrected chi connectivity index (χ3v) is 7.43. The molecule has 6 nitrogen and oxygen atoms in total. The Kier molecular flexibility index (Phi) is 6.68. The van der Waals surface area contributed by atoms with Crippen LogP contribution in [0.4, 0.5) is 0 Å². The van der Waals surface area contributed by atoms with Crippen LogP contribution < -0.4 is 4.74 Å². The largest absolute Gasteiger partial charge is 0.487 e. The van der Waals surface area contributed by atoms with Gasteiger partial charge in [0, 0.05) is 38.1 Å². The van der Waals surface area contributed by atoms with Crippen molar-refractivity contribution in [1.82, 2.24) is 9.80 Å². The molecule has 0 aliphatic carbocycles. The van der Waals surface area contributed by atoms with Gasteiger partial charge in [0.05, 0.1) is 0 Å². The van der Waals surface area contributed by atoms with E-state index in [0.29, 0.717) is 23.6 Å². The highest BCUT2D eigenvalue weighted by atomic mass is 16.5. The second-order valence-electron chi connectivity index (χ2n) is 10.1. The van der Waals surface area contributed by atoms with Crippen molar-refractivity contribution in [3.63, 3.8) is 0 Å². The molecule has 190 valence electrons. The van der Waals surface area contributed by atoms with Crippen molar-refractivity contribution in [3.8, 4) is 5.75 Å². The van der Waals surface area contributed by atoms with Crippen molar-refractivity contribution in [2.75, 3.05) is 39.3 Å². The summed E-state index contributed by atoms with van der Waals surface area (Å²) < 4.78 is 11.9. The number of β-amino-alcohol motifs (C(OH)–C–C–N with tert-alkyl or cyclic N) is 1. The Morgan fingerprint density at radius 2 is 1.76 bits per heavy atom. The lowest BCUT2D eigenvalue weighted by Crippen LogP contribution is -2.38. The maximum atomic E-state index is 12.7. The van der Waals surface area contributed by atoms with Gasteiger partial charge in [-0.1, -0.05) is 54.6 Å². The van der Waals surface area contributed by atoms with Gasteiger partial charge in [-0.25, -0.2) is 0 Å². The van der Waals surface area contributed by atoms with Crippen molar-refractivity contribution in [2.45, 2.75) is 25.4 Å². The predicted octanol–water partition coefficient (Wildman–Crippen LogP) is 5.35. The standard InChI is InChI=1S/C31H32N2O4/c34-27(20-32-16-12-23(13-17-32)25-11-10-22-6-1-2-7-24(22)18-25)21-36-28-9-5-8-26-19-29(37-30(26)28)31(35)33-14-3-4-15-33/h1-2,5-12,18-19,27,34H,3-4,13-17,20-21H2. The summed E-state index contributed by atoms with van der Waals surface area (Å²) in [6, 6.07) is 22.5. The maximum Gasteiger partial charge on any atom is 0.289 e. The summed E-state index contributed by atoms with van der Waals surface area (Å²) in [6.07, 6.45) is 4.66. The predicted molar refractivity (Wildman–Crippen MR) is 146 cm³/mol. The molecule has 6 rings (SSSR count). The Hall–Kier alpha value is -3.61. The van der Waals surface area contributed by atoms with Gasteiger partial charge in [-0.05, 0) is 59.4 Å². The fourth-order valence-electron chi connectivity index (χ4n) is 5.40. The first-order valence-corrected chi connectivity index (χ1v) is 13.2. The number of furan rings is 1. The summed E-state index contributed by atoms with van der Waals surface area (Å²) in [5.41, 5.74) is 3.19. The Labute approximate surface area is 216 Å². The van der Waals surface area contributed by atoms with Crippen LogP contribution >= 0.6 is 0 Å². The number of nitrogens with zero attached hydrogens (tertiary/aromatic N) is 2. The number of likely N-dealkylation sites (tertiary alicyclic amines) is 1. The fraction of sp³-hybridized carbons (Fsp3) is 0.323. The average molecular weight is 497 g/mol. The van der Waals surface area contributed by atoms with E-state index in [9.17, 15) is 9.90 Å². The van der Waals surface area contributed by atoms with Crippen molar-refractivity contribution in [2.24, 2.45) is 0 Å². The lowest BCUT2D eigenvalue weighted by Gasteiger charge is -2.28. The molecule has 3 heterocycles. The highest BCUT2D eigenvalue weighted by Crippen LogP contribution is 2.30. The molecule has 1 N–H and O–H groups in total. The van der Waals surface area contributed by atoms with Gasteiger partial charge in [-0.15, -0.1) is 0 Å². The molecule has 4 aromatic rings. The molecular weight excluding hydrogens is 464 g/mol. The zero-order valence-corrected chi connectivity index (χ0v) is 20.9. The molecule has 1 unspecified atom stereocenters. The monoisotopic (exact) mass is 496 g/mol. The highest BCUT2D eigenvalue weighted by molar-refractivity contribution is 5.97. The summed E-state index contributed by atoms with van der Waals surface area (Å²) in [4.78, 5) is 16.8. The summed E-state index contributed by atoms with van der Waals surface area (Å²) >= 11 is 0. The molecule has 6 heteroatoms. The quantitative estimate of drug-likeness (QED) is 0.374. The molecule has 0 saturated carbocycles. The second-order valence-corrected chi connectivity index (χ2v) is 10.1. The topological polar surface area (TPSA) is 66.2 Å². The van der Waals surface area contributed by atoms with Gasteiger partial charge < -0.3 is 19.2 Å². The van der Waals surface area contributed by atoms with Crippen LogP contribution in [0, 0.1) is 0 Å². The Balaban J connectivity index is 1.05. The number of hydrogen-bond donors (Lipinski definition) is 1. The first kappa shape index (κ1) is 23.8. The molecule has 1 fully saturated rings. The molecule has 3 aromatic carbocycles. The molecule has 0 bridgehead atoms. The fourth-order valence-corrected chi connectivity index (χ4v) is 5.40. The van der Waals surface area contributed by atoms with E-state index >= 15 is 0 Å². The van der Waals surface area contributed by atoms with Crippen LogP contribution in [0.2, 0.25) is 0 Å². The van der Waals surface area contributed by atoms with Crippen molar-refractivity contribution >= 4 is 33.2 Å².